The van der Waals surface area contributed by atoms with Crippen molar-refractivity contribution in [3.63, 3.8) is 0 Å². The SMILES string of the molecule is Cc1cc(NNc2ccc(NNc3ccc(N4CCCC4)s3)cc2C)ccc1/N=N/c1nc(N2CCOCC2)ns1. The van der Waals surface area contributed by atoms with Gasteiger partial charge >= 0.3 is 0 Å². The van der Waals surface area contributed by atoms with Crippen molar-refractivity contribution in [2.45, 2.75) is 26.7 Å². The molecule has 2 aromatic carbocycles. The second kappa shape index (κ2) is 12.7. The lowest BCUT2D eigenvalue weighted by atomic mass is 10.2. The minimum Gasteiger partial charge on any atom is -0.378 e. The number of hydrogen-bond donors (Lipinski definition) is 4. The van der Waals surface area contributed by atoms with Gasteiger partial charge in [0.15, 0.2) is 0 Å². The number of azo groups is 1. The van der Waals surface area contributed by atoms with Gasteiger partial charge in [-0.25, -0.2) is 0 Å². The lowest BCUT2D eigenvalue weighted by Gasteiger charge is -2.25. The van der Waals surface area contributed by atoms with Crippen LogP contribution in [0.15, 0.2) is 58.8 Å². The van der Waals surface area contributed by atoms with Crippen LogP contribution in [0.5, 0.6) is 0 Å². The first kappa shape index (κ1) is 27.2. The zero-order chi connectivity index (χ0) is 28.0. The molecule has 4 aromatic rings. The summed E-state index contributed by atoms with van der Waals surface area (Å²) in [6.45, 7) is 9.39. The number of nitrogens with zero attached hydrogens (tertiary/aromatic N) is 6. The number of hydrazine groups is 2. The van der Waals surface area contributed by atoms with Crippen molar-refractivity contribution >= 4 is 66.7 Å². The predicted octanol–water partition coefficient (Wildman–Crippen LogP) is 6.95. The maximum atomic E-state index is 5.39. The van der Waals surface area contributed by atoms with Gasteiger partial charge in [0, 0.05) is 37.7 Å². The normalized spacial score (nSPS) is 15.5. The highest BCUT2D eigenvalue weighted by Crippen LogP contribution is 2.32. The lowest BCUT2D eigenvalue weighted by molar-refractivity contribution is 0.122. The highest BCUT2D eigenvalue weighted by molar-refractivity contribution is 7.20. The van der Waals surface area contributed by atoms with E-state index >= 15 is 0 Å². The summed E-state index contributed by atoms with van der Waals surface area (Å²) in [6, 6.07) is 16.5. The number of aryl methyl sites for hydroxylation is 2. The third-order valence-electron chi connectivity index (χ3n) is 7.05. The van der Waals surface area contributed by atoms with Crippen LogP contribution in [-0.2, 0) is 4.74 Å². The molecule has 2 aliphatic heterocycles. The lowest BCUT2D eigenvalue weighted by Crippen LogP contribution is -2.36. The quantitative estimate of drug-likeness (QED) is 0.115. The Balaban J connectivity index is 1.00. The van der Waals surface area contributed by atoms with Gasteiger partial charge in [-0.2, -0.15) is 9.36 Å². The fourth-order valence-electron chi connectivity index (χ4n) is 4.74. The van der Waals surface area contributed by atoms with Crippen LogP contribution in [-0.4, -0.2) is 48.8 Å². The van der Waals surface area contributed by atoms with Crippen molar-refractivity contribution in [2.75, 3.05) is 70.9 Å². The van der Waals surface area contributed by atoms with E-state index in [0.29, 0.717) is 24.3 Å². The summed E-state index contributed by atoms with van der Waals surface area (Å²) >= 11 is 3.03. The number of nitrogens with one attached hydrogen (secondary N) is 4. The van der Waals surface area contributed by atoms with E-state index in [0.717, 1.165) is 65.1 Å². The summed E-state index contributed by atoms with van der Waals surface area (Å²) in [4.78, 5) is 9.06. The van der Waals surface area contributed by atoms with Crippen LogP contribution in [0.25, 0.3) is 0 Å². The Hall–Kier alpha value is -3.94. The van der Waals surface area contributed by atoms with Crippen molar-refractivity contribution in [1.29, 1.82) is 0 Å². The standard InChI is InChI=1S/C28H34N10OS2/c1-19-18-22(31-34-25-9-10-26(40-25)37-11-3-4-12-37)6-7-23(19)32-30-21-5-8-24(20(2)17-21)33-35-28-29-27(36-41-28)38-13-15-39-16-14-38/h5-10,17-18,30-32,34H,3-4,11-16H2,1-2H3/b35-33+. The maximum Gasteiger partial charge on any atom is 0.251 e. The third-order valence-corrected chi connectivity index (χ3v) is 8.70. The Bertz CT molecular complexity index is 1490. The van der Waals surface area contributed by atoms with Crippen molar-refractivity contribution in [2.24, 2.45) is 10.2 Å². The molecule has 4 N–H and O–H groups in total. The van der Waals surface area contributed by atoms with Crippen LogP contribution in [0, 0.1) is 13.8 Å². The van der Waals surface area contributed by atoms with Crippen molar-refractivity contribution in [1.82, 2.24) is 9.36 Å². The molecule has 0 radical (unpaired) electrons. The zero-order valence-corrected chi connectivity index (χ0v) is 24.8. The van der Waals surface area contributed by atoms with E-state index in [4.69, 9.17) is 4.74 Å². The molecule has 0 unspecified atom stereocenters. The molecule has 0 aliphatic carbocycles. The molecule has 41 heavy (non-hydrogen) atoms. The van der Waals surface area contributed by atoms with E-state index in [1.54, 1.807) is 11.3 Å². The minimum atomic E-state index is 0.542. The number of hydrogen-bond acceptors (Lipinski definition) is 13. The zero-order valence-electron chi connectivity index (χ0n) is 23.2. The molecule has 6 rings (SSSR count). The first-order valence-electron chi connectivity index (χ1n) is 13.8. The molecule has 2 aromatic heterocycles. The smallest absolute Gasteiger partial charge is 0.251 e. The molecule has 0 spiro atoms. The van der Waals surface area contributed by atoms with Crippen LogP contribution in [0.1, 0.15) is 24.0 Å². The first-order chi connectivity index (χ1) is 20.1. The predicted molar refractivity (Wildman–Crippen MR) is 170 cm³/mol. The molecule has 2 aliphatic rings. The molecular weight excluding hydrogens is 557 g/mol. The van der Waals surface area contributed by atoms with Gasteiger partial charge in [-0.15, -0.1) is 10.2 Å². The Morgan fingerprint density at radius 3 is 2.32 bits per heavy atom. The molecule has 11 nitrogen and oxygen atoms in total. The summed E-state index contributed by atoms with van der Waals surface area (Å²) < 4.78 is 9.81. The monoisotopic (exact) mass is 590 g/mol. The number of aromatic nitrogens is 2. The van der Waals surface area contributed by atoms with Crippen LogP contribution < -0.4 is 31.5 Å². The molecule has 0 amide bonds. The molecule has 0 saturated carbocycles. The summed E-state index contributed by atoms with van der Waals surface area (Å²) in [5, 5.41) is 11.7. The number of anilines is 6. The van der Waals surface area contributed by atoms with Crippen molar-refractivity contribution in [3.8, 4) is 0 Å². The molecule has 2 saturated heterocycles. The summed E-state index contributed by atoms with van der Waals surface area (Å²) in [5.74, 6) is 0.694. The van der Waals surface area contributed by atoms with Gasteiger partial charge in [0.2, 0.25) is 5.95 Å². The molecule has 2 fully saturated rings. The summed E-state index contributed by atoms with van der Waals surface area (Å²) in [7, 11) is 0. The fourth-order valence-corrected chi connectivity index (χ4v) is 6.17. The fraction of sp³-hybridized carbons (Fsp3) is 0.357. The van der Waals surface area contributed by atoms with E-state index in [9.17, 15) is 0 Å². The van der Waals surface area contributed by atoms with E-state index < -0.39 is 0 Å². The largest absolute Gasteiger partial charge is 0.378 e. The van der Waals surface area contributed by atoms with Crippen LogP contribution in [0.4, 0.5) is 43.8 Å². The summed E-state index contributed by atoms with van der Waals surface area (Å²) in [6.07, 6.45) is 2.57. The van der Waals surface area contributed by atoms with Gasteiger partial charge in [0.25, 0.3) is 5.13 Å². The number of morpholine rings is 1. The average Bonchev–Trinajstić information content (AvgIpc) is 3.78. The van der Waals surface area contributed by atoms with Crippen molar-refractivity contribution in [3.05, 3.63) is 59.7 Å². The highest BCUT2D eigenvalue weighted by Gasteiger charge is 2.16. The minimum absolute atomic E-state index is 0.542. The van der Waals surface area contributed by atoms with Crippen LogP contribution in [0.3, 0.4) is 0 Å². The van der Waals surface area contributed by atoms with Gasteiger partial charge in [-0.3, -0.25) is 5.43 Å². The van der Waals surface area contributed by atoms with Crippen LogP contribution >= 0.6 is 22.9 Å². The Labute approximate surface area is 247 Å². The molecule has 13 heteroatoms. The van der Waals surface area contributed by atoms with Gasteiger partial charge in [0.05, 0.1) is 41.0 Å². The van der Waals surface area contributed by atoms with E-state index in [2.05, 4.69) is 82.3 Å². The maximum absolute atomic E-state index is 5.39. The van der Waals surface area contributed by atoms with E-state index in [1.807, 2.05) is 31.2 Å². The highest BCUT2D eigenvalue weighted by atomic mass is 32.1. The second-order valence-electron chi connectivity index (χ2n) is 10.0. The Morgan fingerprint density at radius 1 is 0.780 bits per heavy atom. The molecule has 0 bridgehead atoms. The van der Waals surface area contributed by atoms with E-state index in [1.165, 1.54) is 29.4 Å². The molecule has 214 valence electrons. The number of benzene rings is 2. The molecule has 0 atom stereocenters. The molecule has 4 heterocycles. The average molecular weight is 591 g/mol. The topological polar surface area (TPSA) is 114 Å². The number of rotatable bonds is 10. The van der Waals surface area contributed by atoms with Gasteiger partial charge < -0.3 is 30.8 Å². The second-order valence-corrected chi connectivity index (χ2v) is 11.8. The third kappa shape index (κ3) is 6.87. The van der Waals surface area contributed by atoms with Crippen molar-refractivity contribution < 1.29 is 4.74 Å². The van der Waals surface area contributed by atoms with Gasteiger partial charge in [-0.05, 0) is 86.3 Å². The van der Waals surface area contributed by atoms with Gasteiger partial charge in [-0.1, -0.05) is 11.3 Å². The van der Waals surface area contributed by atoms with E-state index in [-0.39, 0.29) is 0 Å². The molecular formula is C28H34N10OS2. The van der Waals surface area contributed by atoms with Crippen LogP contribution in [0.2, 0.25) is 0 Å². The Kier molecular flexibility index (Phi) is 8.44. The van der Waals surface area contributed by atoms with Gasteiger partial charge in [0.1, 0.15) is 5.00 Å². The first-order valence-corrected chi connectivity index (χ1v) is 15.4. The number of ether oxygens (including phenoxy) is 1. The Morgan fingerprint density at radius 2 is 1.54 bits per heavy atom. The number of thiophene rings is 1. The summed E-state index contributed by atoms with van der Waals surface area (Å²) in [5.41, 5.74) is 19.1.